The third-order valence-electron chi connectivity index (χ3n) is 2.74. The zero-order valence-electron chi connectivity index (χ0n) is 10.3. The number of rotatable bonds is 5. The van der Waals surface area contributed by atoms with Crippen LogP contribution in [0.1, 0.15) is 5.56 Å². The lowest BCUT2D eigenvalue weighted by Crippen LogP contribution is -2.05. The monoisotopic (exact) mass is 245 g/mol. The average molecular weight is 245 g/mol. The molecule has 0 aliphatic carbocycles. The Morgan fingerprint density at radius 1 is 1.11 bits per heavy atom. The summed E-state index contributed by atoms with van der Waals surface area (Å²) in [5, 5.41) is 3.19. The van der Waals surface area contributed by atoms with Crippen LogP contribution in [0.15, 0.2) is 48.5 Å². The van der Waals surface area contributed by atoms with Gasteiger partial charge in [-0.1, -0.05) is 30.3 Å². The highest BCUT2D eigenvalue weighted by molar-refractivity contribution is 5.47. The SMILES string of the molecule is COc1ccc(NCCc2ccccc2)cc1F. The predicted molar refractivity (Wildman–Crippen MR) is 71.6 cm³/mol. The van der Waals surface area contributed by atoms with E-state index >= 15 is 0 Å². The predicted octanol–water partition coefficient (Wildman–Crippen LogP) is 3.49. The summed E-state index contributed by atoms with van der Waals surface area (Å²) in [6.45, 7) is 0.774. The second-order valence-corrected chi connectivity index (χ2v) is 4.01. The smallest absolute Gasteiger partial charge is 0.167 e. The molecule has 0 atom stereocenters. The minimum Gasteiger partial charge on any atom is -0.494 e. The molecule has 0 unspecified atom stereocenters. The van der Waals surface area contributed by atoms with Gasteiger partial charge in [-0.2, -0.15) is 0 Å². The van der Waals surface area contributed by atoms with Gasteiger partial charge in [0.25, 0.3) is 0 Å². The summed E-state index contributed by atoms with van der Waals surface area (Å²) in [4.78, 5) is 0. The van der Waals surface area contributed by atoms with Gasteiger partial charge in [-0.25, -0.2) is 4.39 Å². The molecule has 18 heavy (non-hydrogen) atoms. The van der Waals surface area contributed by atoms with Crippen LogP contribution in [0.25, 0.3) is 0 Å². The maximum Gasteiger partial charge on any atom is 0.167 e. The summed E-state index contributed by atoms with van der Waals surface area (Å²) >= 11 is 0. The number of nitrogens with one attached hydrogen (secondary N) is 1. The lowest BCUT2D eigenvalue weighted by Gasteiger charge is -2.08. The molecule has 0 bridgehead atoms. The third kappa shape index (κ3) is 3.23. The van der Waals surface area contributed by atoms with E-state index in [0.717, 1.165) is 18.7 Å². The van der Waals surface area contributed by atoms with Crippen molar-refractivity contribution in [1.82, 2.24) is 0 Å². The number of benzene rings is 2. The molecule has 2 aromatic carbocycles. The van der Waals surface area contributed by atoms with E-state index < -0.39 is 0 Å². The highest BCUT2D eigenvalue weighted by atomic mass is 19.1. The fourth-order valence-electron chi connectivity index (χ4n) is 1.77. The van der Waals surface area contributed by atoms with Gasteiger partial charge >= 0.3 is 0 Å². The van der Waals surface area contributed by atoms with E-state index in [0.29, 0.717) is 0 Å². The van der Waals surface area contributed by atoms with Crippen molar-refractivity contribution < 1.29 is 9.13 Å². The maximum atomic E-state index is 13.4. The van der Waals surface area contributed by atoms with Crippen LogP contribution < -0.4 is 10.1 Å². The molecule has 0 aromatic heterocycles. The van der Waals surface area contributed by atoms with Crippen molar-refractivity contribution in [1.29, 1.82) is 0 Å². The van der Waals surface area contributed by atoms with Crippen molar-refractivity contribution in [3.8, 4) is 5.75 Å². The summed E-state index contributed by atoms with van der Waals surface area (Å²) in [6, 6.07) is 15.1. The number of methoxy groups -OCH3 is 1. The minimum atomic E-state index is -0.345. The molecule has 0 fully saturated rings. The minimum absolute atomic E-state index is 0.267. The van der Waals surface area contributed by atoms with E-state index in [9.17, 15) is 4.39 Å². The summed E-state index contributed by atoms with van der Waals surface area (Å²) in [5.74, 6) is -0.0779. The van der Waals surface area contributed by atoms with Gasteiger partial charge in [0.15, 0.2) is 11.6 Å². The van der Waals surface area contributed by atoms with Gasteiger partial charge < -0.3 is 10.1 Å². The van der Waals surface area contributed by atoms with Crippen LogP contribution in [-0.2, 0) is 6.42 Å². The Hall–Kier alpha value is -2.03. The van der Waals surface area contributed by atoms with Gasteiger partial charge in [0.2, 0.25) is 0 Å². The first-order valence-corrected chi connectivity index (χ1v) is 5.91. The normalized spacial score (nSPS) is 10.1. The van der Waals surface area contributed by atoms with Crippen LogP contribution >= 0.6 is 0 Å². The average Bonchev–Trinajstić information content (AvgIpc) is 2.40. The van der Waals surface area contributed by atoms with Crippen LogP contribution in [0.2, 0.25) is 0 Å². The Bertz CT molecular complexity index is 499. The summed E-state index contributed by atoms with van der Waals surface area (Å²) < 4.78 is 18.3. The number of hydrogen-bond acceptors (Lipinski definition) is 2. The fraction of sp³-hybridized carbons (Fsp3) is 0.200. The van der Waals surface area contributed by atoms with Crippen molar-refractivity contribution in [3.05, 3.63) is 59.9 Å². The third-order valence-corrected chi connectivity index (χ3v) is 2.74. The van der Waals surface area contributed by atoms with Crippen molar-refractivity contribution in [2.24, 2.45) is 0 Å². The Balaban J connectivity index is 1.89. The molecular weight excluding hydrogens is 229 g/mol. The number of ether oxygens (including phenoxy) is 1. The Morgan fingerprint density at radius 2 is 1.89 bits per heavy atom. The topological polar surface area (TPSA) is 21.3 Å². The van der Waals surface area contributed by atoms with E-state index in [1.165, 1.54) is 18.7 Å². The molecule has 2 rings (SSSR count). The quantitative estimate of drug-likeness (QED) is 0.870. The second-order valence-electron chi connectivity index (χ2n) is 4.01. The zero-order chi connectivity index (χ0) is 12.8. The van der Waals surface area contributed by atoms with E-state index in [4.69, 9.17) is 4.74 Å². The van der Waals surface area contributed by atoms with Gasteiger partial charge in [-0.15, -0.1) is 0 Å². The summed E-state index contributed by atoms with van der Waals surface area (Å²) in [5.41, 5.74) is 2.03. The number of anilines is 1. The highest BCUT2D eigenvalue weighted by Crippen LogP contribution is 2.20. The van der Waals surface area contributed by atoms with Crippen LogP contribution in [0.5, 0.6) is 5.75 Å². The van der Waals surface area contributed by atoms with Gasteiger partial charge in [0, 0.05) is 18.3 Å². The van der Waals surface area contributed by atoms with E-state index in [1.54, 1.807) is 6.07 Å². The first kappa shape index (κ1) is 12.4. The fourth-order valence-corrected chi connectivity index (χ4v) is 1.77. The molecule has 0 aliphatic heterocycles. The molecule has 0 saturated carbocycles. The molecule has 2 nitrogen and oxygen atoms in total. The molecule has 0 amide bonds. The molecule has 0 heterocycles. The van der Waals surface area contributed by atoms with Gasteiger partial charge in [0.05, 0.1) is 7.11 Å². The van der Waals surface area contributed by atoms with Crippen molar-refractivity contribution in [2.45, 2.75) is 6.42 Å². The summed E-state index contributed by atoms with van der Waals surface area (Å²) in [6.07, 6.45) is 0.911. The molecule has 0 radical (unpaired) electrons. The second kappa shape index (κ2) is 6.05. The molecule has 0 aliphatic rings. The van der Waals surface area contributed by atoms with Crippen LogP contribution in [0, 0.1) is 5.82 Å². The highest BCUT2D eigenvalue weighted by Gasteiger charge is 2.02. The molecule has 0 spiro atoms. The molecular formula is C15H16FNO. The zero-order valence-corrected chi connectivity index (χ0v) is 10.3. The lowest BCUT2D eigenvalue weighted by molar-refractivity contribution is 0.386. The molecule has 3 heteroatoms. The number of halogens is 1. The number of hydrogen-bond donors (Lipinski definition) is 1. The van der Waals surface area contributed by atoms with Gasteiger partial charge in [-0.3, -0.25) is 0 Å². The van der Waals surface area contributed by atoms with Crippen molar-refractivity contribution in [2.75, 3.05) is 19.0 Å². The molecule has 0 saturated heterocycles. The lowest BCUT2D eigenvalue weighted by atomic mass is 10.1. The van der Waals surface area contributed by atoms with Gasteiger partial charge in [-0.05, 0) is 24.1 Å². The summed E-state index contributed by atoms with van der Waals surface area (Å²) in [7, 11) is 1.46. The van der Waals surface area contributed by atoms with Crippen molar-refractivity contribution >= 4 is 5.69 Å². The first-order valence-electron chi connectivity index (χ1n) is 5.91. The van der Waals surface area contributed by atoms with Crippen molar-refractivity contribution in [3.63, 3.8) is 0 Å². The van der Waals surface area contributed by atoms with E-state index in [-0.39, 0.29) is 11.6 Å². The van der Waals surface area contributed by atoms with E-state index in [2.05, 4.69) is 17.4 Å². The standard InChI is InChI=1S/C15H16FNO/c1-18-15-8-7-13(11-14(15)16)17-10-9-12-5-3-2-4-6-12/h2-8,11,17H,9-10H2,1H3. The Labute approximate surface area is 106 Å². The molecule has 94 valence electrons. The Kier molecular flexibility index (Phi) is 4.18. The van der Waals surface area contributed by atoms with Gasteiger partial charge in [0.1, 0.15) is 0 Å². The first-order chi connectivity index (χ1) is 8.79. The maximum absolute atomic E-state index is 13.4. The largest absolute Gasteiger partial charge is 0.494 e. The van der Waals surface area contributed by atoms with E-state index in [1.807, 2.05) is 24.3 Å². The Morgan fingerprint density at radius 3 is 2.56 bits per heavy atom. The molecule has 1 N–H and O–H groups in total. The van der Waals surface area contributed by atoms with Crippen LogP contribution in [-0.4, -0.2) is 13.7 Å². The van der Waals surface area contributed by atoms with Crippen LogP contribution in [0.4, 0.5) is 10.1 Å². The molecule has 2 aromatic rings. The van der Waals surface area contributed by atoms with Crippen LogP contribution in [0.3, 0.4) is 0 Å².